The Labute approximate surface area is 66.7 Å². The lowest BCUT2D eigenvalue weighted by atomic mass is 10.3. The number of thiol groups is 1. The van der Waals surface area contributed by atoms with Gasteiger partial charge in [0.05, 0.1) is 0 Å². The molecular formula is C7H12O2S. The normalized spacial score (nSPS) is 12.2. The Morgan fingerprint density at radius 3 is 2.90 bits per heavy atom. The highest BCUT2D eigenvalue weighted by Crippen LogP contribution is 2.05. The lowest BCUT2D eigenvalue weighted by Crippen LogP contribution is -2.09. The first-order valence-electron chi connectivity index (χ1n) is 3.21. The van der Waals surface area contributed by atoms with Crippen LogP contribution in [0.2, 0.25) is 0 Å². The second-order valence-electron chi connectivity index (χ2n) is 1.88. The van der Waals surface area contributed by atoms with Crippen LogP contribution >= 0.6 is 12.6 Å². The molecule has 1 unspecified atom stereocenters. The Bertz CT molecular complexity index is 123. The summed E-state index contributed by atoms with van der Waals surface area (Å²) in [7, 11) is 0. The van der Waals surface area contributed by atoms with Crippen molar-refractivity contribution < 1.29 is 9.53 Å². The minimum absolute atomic E-state index is 0.282. The van der Waals surface area contributed by atoms with E-state index in [1.54, 1.807) is 0 Å². The fourth-order valence-corrected chi connectivity index (χ4v) is 0.850. The molecule has 2 nitrogen and oxygen atoms in total. The third-order valence-corrected chi connectivity index (χ3v) is 1.32. The first kappa shape index (κ1) is 9.56. The summed E-state index contributed by atoms with van der Waals surface area (Å²) >= 11 is 4.01. The largest absolute Gasteiger partial charge is 0.448 e. The molecule has 58 valence electrons. The van der Waals surface area contributed by atoms with E-state index in [4.69, 9.17) is 4.74 Å². The molecule has 1 atom stereocenters. The summed E-state index contributed by atoms with van der Waals surface area (Å²) in [6.07, 6.45) is 2.88. The van der Waals surface area contributed by atoms with E-state index < -0.39 is 5.97 Å². The van der Waals surface area contributed by atoms with E-state index in [1.807, 2.05) is 6.92 Å². The minimum Gasteiger partial charge on any atom is -0.448 e. The van der Waals surface area contributed by atoms with Crippen molar-refractivity contribution in [2.45, 2.75) is 25.2 Å². The molecule has 0 aliphatic heterocycles. The van der Waals surface area contributed by atoms with Gasteiger partial charge in [-0.3, -0.25) is 0 Å². The van der Waals surface area contributed by atoms with Crippen LogP contribution in [0, 0.1) is 0 Å². The molecule has 3 heteroatoms. The van der Waals surface area contributed by atoms with E-state index in [0.29, 0.717) is 0 Å². The Balaban J connectivity index is 3.46. The third-order valence-electron chi connectivity index (χ3n) is 0.954. The van der Waals surface area contributed by atoms with Crippen molar-refractivity contribution in [3.05, 3.63) is 12.7 Å². The van der Waals surface area contributed by atoms with E-state index in [2.05, 4.69) is 19.2 Å². The molecule has 0 heterocycles. The molecule has 0 spiro atoms. The van der Waals surface area contributed by atoms with Gasteiger partial charge in [0.15, 0.2) is 0 Å². The molecule has 0 saturated heterocycles. The second-order valence-corrected chi connectivity index (χ2v) is 2.46. The molecule has 0 rings (SSSR count). The summed E-state index contributed by atoms with van der Waals surface area (Å²) in [6, 6.07) is 0. The Hall–Kier alpha value is -0.440. The predicted molar refractivity (Wildman–Crippen MR) is 44.0 cm³/mol. The van der Waals surface area contributed by atoms with E-state index in [-0.39, 0.29) is 5.44 Å². The minimum atomic E-state index is -0.409. The van der Waals surface area contributed by atoms with Gasteiger partial charge in [-0.1, -0.05) is 19.9 Å². The molecule has 0 aliphatic rings. The average Bonchev–Trinajstić information content (AvgIpc) is 1.88. The standard InChI is InChI=1S/C7H12O2S/c1-3-5-7(10)9-6(8)4-2/h4,7,10H,2-3,5H2,1H3. The fourth-order valence-electron chi connectivity index (χ4n) is 0.488. The zero-order valence-corrected chi connectivity index (χ0v) is 6.93. The van der Waals surface area contributed by atoms with Crippen molar-refractivity contribution >= 4 is 18.6 Å². The maximum Gasteiger partial charge on any atom is 0.331 e. The lowest BCUT2D eigenvalue weighted by molar-refractivity contribution is -0.139. The SMILES string of the molecule is C=CC(=O)OC(S)CCC. The Kier molecular flexibility index (Phi) is 5.12. The molecule has 0 aromatic carbocycles. The van der Waals surface area contributed by atoms with Gasteiger partial charge in [-0.25, -0.2) is 4.79 Å². The molecule has 0 bridgehead atoms. The molecule has 10 heavy (non-hydrogen) atoms. The Morgan fingerprint density at radius 2 is 2.50 bits per heavy atom. The van der Waals surface area contributed by atoms with Gasteiger partial charge in [0.1, 0.15) is 5.44 Å². The summed E-state index contributed by atoms with van der Waals surface area (Å²) in [5.74, 6) is -0.409. The number of hydrogen-bond acceptors (Lipinski definition) is 3. The van der Waals surface area contributed by atoms with Crippen molar-refractivity contribution in [2.24, 2.45) is 0 Å². The highest BCUT2D eigenvalue weighted by molar-refractivity contribution is 7.80. The number of rotatable bonds is 4. The molecule has 0 aliphatic carbocycles. The zero-order chi connectivity index (χ0) is 7.98. The van der Waals surface area contributed by atoms with E-state index in [0.717, 1.165) is 18.9 Å². The van der Waals surface area contributed by atoms with Crippen molar-refractivity contribution in [1.29, 1.82) is 0 Å². The predicted octanol–water partition coefficient (Wildman–Crippen LogP) is 1.77. The van der Waals surface area contributed by atoms with Crippen LogP contribution in [0.4, 0.5) is 0 Å². The summed E-state index contributed by atoms with van der Waals surface area (Å²) < 4.78 is 4.75. The van der Waals surface area contributed by atoms with Crippen LogP contribution in [0.15, 0.2) is 12.7 Å². The topological polar surface area (TPSA) is 26.3 Å². The van der Waals surface area contributed by atoms with Gasteiger partial charge in [-0.2, -0.15) is 0 Å². The van der Waals surface area contributed by atoms with Crippen LogP contribution in [-0.2, 0) is 9.53 Å². The number of carbonyl (C=O) groups is 1. The summed E-state index contributed by atoms with van der Waals surface area (Å²) in [5, 5.41) is 0. The Morgan fingerprint density at radius 1 is 1.90 bits per heavy atom. The van der Waals surface area contributed by atoms with E-state index in [1.165, 1.54) is 0 Å². The molecular weight excluding hydrogens is 148 g/mol. The van der Waals surface area contributed by atoms with Gasteiger partial charge in [0, 0.05) is 6.08 Å². The number of esters is 1. The van der Waals surface area contributed by atoms with Crippen molar-refractivity contribution in [3.8, 4) is 0 Å². The second kappa shape index (κ2) is 5.35. The molecule has 0 amide bonds. The fraction of sp³-hybridized carbons (Fsp3) is 0.571. The lowest BCUT2D eigenvalue weighted by Gasteiger charge is -2.08. The number of ether oxygens (including phenoxy) is 1. The molecule has 0 aromatic heterocycles. The molecule has 0 N–H and O–H groups in total. The van der Waals surface area contributed by atoms with Crippen molar-refractivity contribution in [2.75, 3.05) is 0 Å². The third kappa shape index (κ3) is 4.44. The zero-order valence-electron chi connectivity index (χ0n) is 6.04. The van der Waals surface area contributed by atoms with Gasteiger partial charge in [-0.15, -0.1) is 12.6 Å². The first-order chi connectivity index (χ1) is 4.70. The van der Waals surface area contributed by atoms with E-state index in [9.17, 15) is 4.79 Å². The van der Waals surface area contributed by atoms with Gasteiger partial charge >= 0.3 is 5.97 Å². The van der Waals surface area contributed by atoms with Gasteiger partial charge in [-0.05, 0) is 6.42 Å². The van der Waals surface area contributed by atoms with Crippen LogP contribution in [0.5, 0.6) is 0 Å². The van der Waals surface area contributed by atoms with Crippen LogP contribution in [-0.4, -0.2) is 11.4 Å². The summed E-state index contributed by atoms with van der Waals surface area (Å²) in [4.78, 5) is 10.5. The average molecular weight is 160 g/mol. The van der Waals surface area contributed by atoms with Crippen molar-refractivity contribution in [1.82, 2.24) is 0 Å². The quantitative estimate of drug-likeness (QED) is 0.293. The monoisotopic (exact) mass is 160 g/mol. The van der Waals surface area contributed by atoms with Gasteiger partial charge in [0.2, 0.25) is 0 Å². The molecule has 0 radical (unpaired) electrons. The molecule has 0 aromatic rings. The summed E-state index contributed by atoms with van der Waals surface area (Å²) in [6.45, 7) is 5.27. The van der Waals surface area contributed by atoms with Crippen LogP contribution in [0.1, 0.15) is 19.8 Å². The van der Waals surface area contributed by atoms with Gasteiger partial charge < -0.3 is 4.74 Å². The number of carbonyl (C=O) groups excluding carboxylic acids is 1. The highest BCUT2D eigenvalue weighted by Gasteiger charge is 2.04. The maximum atomic E-state index is 10.5. The number of hydrogen-bond donors (Lipinski definition) is 1. The smallest absolute Gasteiger partial charge is 0.331 e. The van der Waals surface area contributed by atoms with Crippen LogP contribution < -0.4 is 0 Å². The molecule has 0 saturated carbocycles. The first-order valence-corrected chi connectivity index (χ1v) is 3.73. The van der Waals surface area contributed by atoms with E-state index >= 15 is 0 Å². The van der Waals surface area contributed by atoms with Crippen LogP contribution in [0.3, 0.4) is 0 Å². The van der Waals surface area contributed by atoms with Gasteiger partial charge in [0.25, 0.3) is 0 Å². The van der Waals surface area contributed by atoms with Crippen LogP contribution in [0.25, 0.3) is 0 Å². The summed E-state index contributed by atoms with van der Waals surface area (Å²) in [5.41, 5.74) is -0.282. The molecule has 0 fully saturated rings. The highest BCUT2D eigenvalue weighted by atomic mass is 32.1. The maximum absolute atomic E-state index is 10.5. The van der Waals surface area contributed by atoms with Crippen molar-refractivity contribution in [3.63, 3.8) is 0 Å².